The maximum absolute atomic E-state index is 15.8. The van der Waals surface area contributed by atoms with Crippen LogP contribution in [0.25, 0.3) is 22.3 Å². The highest BCUT2D eigenvalue weighted by atomic mass is 35.5. The van der Waals surface area contributed by atoms with Gasteiger partial charge >= 0.3 is 5.97 Å². The predicted octanol–water partition coefficient (Wildman–Crippen LogP) is 8.56. The number of ether oxygens (including phenoxy) is 1. The van der Waals surface area contributed by atoms with Crippen molar-refractivity contribution in [3.63, 3.8) is 0 Å². The summed E-state index contributed by atoms with van der Waals surface area (Å²) in [5.41, 5.74) is -0.0783. The highest BCUT2D eigenvalue weighted by Gasteiger charge is 2.36. The second-order valence-electron chi connectivity index (χ2n) is 14.8. The lowest BCUT2D eigenvalue weighted by Crippen LogP contribution is -2.29. The smallest absolute Gasteiger partial charge is 0.306 e. The van der Waals surface area contributed by atoms with Crippen molar-refractivity contribution in [1.82, 2.24) is 19.7 Å². The van der Waals surface area contributed by atoms with Crippen molar-refractivity contribution in [1.29, 1.82) is 0 Å². The largest absolute Gasteiger partial charge is 0.481 e. The Morgan fingerprint density at radius 2 is 1.87 bits per heavy atom. The van der Waals surface area contributed by atoms with Crippen molar-refractivity contribution < 1.29 is 36.2 Å². The van der Waals surface area contributed by atoms with Gasteiger partial charge in [-0.2, -0.15) is 9.49 Å². The Morgan fingerprint density at radius 1 is 1.12 bits per heavy atom. The van der Waals surface area contributed by atoms with Gasteiger partial charge < -0.3 is 14.8 Å². The van der Waals surface area contributed by atoms with Crippen LogP contribution in [0.2, 0.25) is 5.02 Å². The summed E-state index contributed by atoms with van der Waals surface area (Å²) in [4.78, 5) is 19.1. The quantitative estimate of drug-likeness (QED) is 0.188. The Bertz CT molecular complexity index is 2310. The van der Waals surface area contributed by atoms with Gasteiger partial charge in [0, 0.05) is 24.2 Å². The lowest BCUT2D eigenvalue weighted by molar-refractivity contribution is -0.141. The summed E-state index contributed by atoms with van der Waals surface area (Å²) in [7, 11) is -2.13. The molecule has 1 aliphatic heterocycles. The van der Waals surface area contributed by atoms with Crippen LogP contribution in [0.3, 0.4) is 0 Å². The molecule has 276 valence electrons. The summed E-state index contributed by atoms with van der Waals surface area (Å²) in [5, 5.41) is 14.4. The molecule has 52 heavy (non-hydrogen) atoms. The Hall–Kier alpha value is -4.36. The van der Waals surface area contributed by atoms with Gasteiger partial charge in [0.2, 0.25) is 5.82 Å². The number of aromatic amines is 1. The number of aryl methyl sites for hydroxylation is 2. The number of aromatic nitrogens is 4. The first-order valence-corrected chi connectivity index (χ1v) is 19.2. The third-order valence-electron chi connectivity index (χ3n) is 10.0. The molecule has 9 nitrogen and oxygen atoms in total. The first kappa shape index (κ1) is 37.4. The van der Waals surface area contributed by atoms with Gasteiger partial charge in [0.15, 0.2) is 33.1 Å². The van der Waals surface area contributed by atoms with Gasteiger partial charge in [-0.15, -0.1) is 0 Å². The number of benzene rings is 3. The number of fused-ring (bicyclic) bond motifs is 8. The van der Waals surface area contributed by atoms with Gasteiger partial charge in [-0.1, -0.05) is 63.1 Å². The van der Waals surface area contributed by atoms with Gasteiger partial charge in [-0.05, 0) is 67.3 Å². The first-order chi connectivity index (χ1) is 24.4. The minimum absolute atomic E-state index is 0.0156. The molecule has 1 aliphatic rings. The third-order valence-corrected chi connectivity index (χ3v) is 12.4. The number of carboxylic acids is 1. The van der Waals surface area contributed by atoms with Crippen LogP contribution in [0.5, 0.6) is 11.5 Å². The van der Waals surface area contributed by atoms with E-state index in [0.29, 0.717) is 31.5 Å². The summed E-state index contributed by atoms with van der Waals surface area (Å²) in [6.07, 6.45) is 2.92. The van der Waals surface area contributed by atoms with E-state index in [-0.39, 0.29) is 56.6 Å². The number of nitrogens with zero attached hydrogens (tertiary/aromatic N) is 3. The highest BCUT2D eigenvalue weighted by molar-refractivity contribution is 7.91. The molecule has 0 amide bonds. The van der Waals surface area contributed by atoms with Crippen LogP contribution < -0.4 is 4.74 Å². The van der Waals surface area contributed by atoms with Crippen LogP contribution in [0.4, 0.5) is 13.2 Å². The second kappa shape index (κ2) is 13.9. The fraction of sp³-hybridized carbons (Fsp3) is 0.395. The van der Waals surface area contributed by atoms with Gasteiger partial charge in [-0.25, -0.2) is 26.9 Å². The van der Waals surface area contributed by atoms with E-state index < -0.39 is 55.8 Å². The zero-order valence-corrected chi connectivity index (χ0v) is 31.1. The molecule has 4 bridgehead atoms. The number of rotatable bonds is 4. The molecule has 2 atom stereocenters. The van der Waals surface area contributed by atoms with Crippen LogP contribution in [-0.4, -0.2) is 50.7 Å². The highest BCUT2D eigenvalue weighted by Crippen LogP contribution is 2.43. The summed E-state index contributed by atoms with van der Waals surface area (Å²) in [6, 6.07) is 11.2. The van der Waals surface area contributed by atoms with E-state index in [2.05, 4.69) is 4.98 Å². The van der Waals surface area contributed by atoms with Gasteiger partial charge in [0.1, 0.15) is 11.6 Å². The molecule has 0 saturated heterocycles. The first-order valence-electron chi connectivity index (χ1n) is 17.0. The molecule has 5 aromatic rings. The van der Waals surface area contributed by atoms with Gasteiger partial charge in [0.25, 0.3) is 0 Å². The summed E-state index contributed by atoms with van der Waals surface area (Å²) in [6.45, 7) is 7.34. The van der Waals surface area contributed by atoms with Crippen molar-refractivity contribution in [2.45, 2.75) is 65.2 Å². The van der Waals surface area contributed by atoms with Crippen LogP contribution in [0.15, 0.2) is 48.7 Å². The van der Waals surface area contributed by atoms with E-state index in [1.54, 1.807) is 14.0 Å². The molecule has 2 aromatic heterocycles. The summed E-state index contributed by atoms with van der Waals surface area (Å²) >= 11 is 6.42. The van der Waals surface area contributed by atoms with Crippen LogP contribution >= 0.6 is 11.6 Å². The van der Waals surface area contributed by atoms with Crippen molar-refractivity contribution >= 4 is 38.3 Å². The number of hydrogen-bond acceptors (Lipinski definition) is 6. The van der Waals surface area contributed by atoms with Crippen molar-refractivity contribution in [3.8, 4) is 22.9 Å². The van der Waals surface area contributed by atoms with E-state index in [4.69, 9.17) is 26.4 Å². The van der Waals surface area contributed by atoms with E-state index >= 15 is 13.2 Å². The number of H-pyrrole nitrogens is 1. The number of carboxylic acid groups (broad SMARTS) is 1. The summed E-state index contributed by atoms with van der Waals surface area (Å²) < 4.78 is 81.5. The molecule has 0 radical (unpaired) electrons. The molecule has 0 aliphatic carbocycles. The average molecular weight is 757 g/mol. The van der Waals surface area contributed by atoms with Gasteiger partial charge in [0.05, 0.1) is 38.9 Å². The van der Waals surface area contributed by atoms with E-state index in [0.717, 1.165) is 17.2 Å². The zero-order valence-electron chi connectivity index (χ0n) is 29.5. The average Bonchev–Trinajstić information content (AvgIpc) is 3.65. The molecule has 0 spiro atoms. The topological polar surface area (TPSA) is 127 Å². The molecule has 2 N–H and O–H groups in total. The Balaban J connectivity index is 1.52. The number of nitrogens with one attached hydrogen (secondary N) is 1. The third kappa shape index (κ3) is 7.30. The second-order valence-corrected chi connectivity index (χ2v) is 17.4. The SMILES string of the molecule is C[C@H](Cc1cccc([C@@]2(C)CCCC(C)(C)CS(=O)(=O)CCc3c(c(F)c(F)c4[nH]cc(Cl)c34)Oc3ccc(F)c(c3)-c3nc2nn3C)c1)C(=O)O. The molecule has 14 heteroatoms. The fourth-order valence-corrected chi connectivity index (χ4v) is 9.42. The molecule has 0 saturated carbocycles. The number of aliphatic carboxylic acids is 1. The minimum Gasteiger partial charge on any atom is -0.481 e. The summed E-state index contributed by atoms with van der Waals surface area (Å²) in [5.74, 6) is -5.44. The standard InChI is InChI=1S/C38H40ClF3N4O5S/c1-21(35(47)48)16-22-8-6-9-23(17-22)38(4)14-7-13-37(2,3)20-52(49,50)15-12-25-29-27(39)19-43-32(29)30(41)31(42)33(25)51-24-10-11-28(40)26(18-24)34-44-36(38)45-46(34)5/h6,8-11,17-19,21,43H,7,12-16,20H2,1-5H3,(H,47,48)/t21-,38-/m1/s1. The van der Waals surface area contributed by atoms with Crippen molar-refractivity contribution in [3.05, 3.63) is 93.7 Å². The van der Waals surface area contributed by atoms with Crippen molar-refractivity contribution in [2.24, 2.45) is 18.4 Å². The number of halogens is 4. The number of carbonyl (C=O) groups is 1. The number of sulfone groups is 1. The molecular weight excluding hydrogens is 717 g/mol. The Morgan fingerprint density at radius 3 is 2.60 bits per heavy atom. The fourth-order valence-electron chi connectivity index (χ4n) is 7.16. The molecule has 3 aromatic carbocycles. The molecule has 3 heterocycles. The maximum atomic E-state index is 15.8. The Kier molecular flexibility index (Phi) is 9.99. The van der Waals surface area contributed by atoms with Crippen LogP contribution in [0, 0.1) is 28.8 Å². The molecule has 6 rings (SSSR count). The molecular formula is C38H40ClF3N4O5S. The zero-order chi connectivity index (χ0) is 37.7. The van der Waals surface area contributed by atoms with E-state index in [1.807, 2.05) is 45.0 Å². The lowest BCUT2D eigenvalue weighted by atomic mass is 9.75. The normalized spacial score (nSPS) is 19.6. The van der Waals surface area contributed by atoms with Gasteiger partial charge in [-0.3, -0.25) is 4.79 Å². The predicted molar refractivity (Wildman–Crippen MR) is 193 cm³/mol. The van der Waals surface area contributed by atoms with E-state index in [1.165, 1.54) is 23.0 Å². The lowest BCUT2D eigenvalue weighted by Gasteiger charge is -2.31. The van der Waals surface area contributed by atoms with Crippen molar-refractivity contribution in [2.75, 3.05) is 11.5 Å². The maximum Gasteiger partial charge on any atom is 0.306 e. The van der Waals surface area contributed by atoms with Crippen LogP contribution in [0.1, 0.15) is 69.5 Å². The minimum atomic E-state index is -3.75. The molecule has 0 fully saturated rings. The van der Waals surface area contributed by atoms with E-state index in [9.17, 15) is 18.3 Å². The number of hydrogen-bond donors (Lipinski definition) is 2. The monoisotopic (exact) mass is 756 g/mol. The molecule has 0 unspecified atom stereocenters. The Labute approximate surface area is 305 Å². The van der Waals surface area contributed by atoms with Crippen LogP contribution in [-0.2, 0) is 39.9 Å².